The lowest BCUT2D eigenvalue weighted by molar-refractivity contribution is 0.841. The zero-order valence-electron chi connectivity index (χ0n) is 9.07. The van der Waals surface area contributed by atoms with E-state index in [4.69, 9.17) is 5.26 Å². The Balaban J connectivity index is 2.32. The van der Waals surface area contributed by atoms with Crippen molar-refractivity contribution in [1.82, 2.24) is 15.2 Å². The van der Waals surface area contributed by atoms with Crippen molar-refractivity contribution in [3.05, 3.63) is 35.7 Å². The van der Waals surface area contributed by atoms with Crippen LogP contribution < -0.4 is 0 Å². The topological polar surface area (TPSA) is 65.4 Å². The van der Waals surface area contributed by atoms with Crippen molar-refractivity contribution in [2.45, 2.75) is 19.8 Å². The number of rotatable bonds is 3. The van der Waals surface area contributed by atoms with Gasteiger partial charge in [-0.25, -0.2) is 4.98 Å². The number of nitriles is 1. The minimum atomic E-state index is 0.624. The monoisotopic (exact) mass is 212 g/mol. The fourth-order valence-electron chi connectivity index (χ4n) is 1.50. The molecule has 1 heterocycles. The molecule has 4 nitrogen and oxygen atoms in total. The summed E-state index contributed by atoms with van der Waals surface area (Å²) in [6, 6.07) is 9.40. The number of hydrogen-bond donors (Lipinski definition) is 1. The summed E-state index contributed by atoms with van der Waals surface area (Å²) in [5.41, 5.74) is 1.50. The fraction of sp³-hybridized carbons (Fsp3) is 0.250. The summed E-state index contributed by atoms with van der Waals surface area (Å²) < 4.78 is 0. The lowest BCUT2D eigenvalue weighted by Gasteiger charge is -1.94. The highest BCUT2D eigenvalue weighted by atomic mass is 15.2. The Morgan fingerprint density at radius 2 is 2.31 bits per heavy atom. The van der Waals surface area contributed by atoms with Crippen LogP contribution in [-0.2, 0) is 6.42 Å². The maximum absolute atomic E-state index is 8.80. The van der Waals surface area contributed by atoms with Crippen LogP contribution >= 0.6 is 0 Å². The Labute approximate surface area is 94.0 Å². The predicted octanol–water partition coefficient (Wildman–Crippen LogP) is 2.30. The van der Waals surface area contributed by atoms with Gasteiger partial charge in [0.1, 0.15) is 5.82 Å². The van der Waals surface area contributed by atoms with E-state index in [0.29, 0.717) is 11.4 Å². The minimum Gasteiger partial charge on any atom is -0.263 e. The van der Waals surface area contributed by atoms with Gasteiger partial charge in [-0.15, -0.1) is 0 Å². The van der Waals surface area contributed by atoms with Crippen molar-refractivity contribution < 1.29 is 0 Å². The van der Waals surface area contributed by atoms with E-state index in [0.717, 1.165) is 24.2 Å². The first-order valence-electron chi connectivity index (χ1n) is 5.25. The Morgan fingerprint density at radius 1 is 1.44 bits per heavy atom. The smallest absolute Gasteiger partial charge is 0.181 e. The molecule has 1 aromatic heterocycles. The molecular weight excluding hydrogens is 200 g/mol. The van der Waals surface area contributed by atoms with Crippen LogP contribution in [0.25, 0.3) is 11.4 Å². The maximum atomic E-state index is 8.80. The summed E-state index contributed by atoms with van der Waals surface area (Å²) in [5.74, 6) is 1.54. The number of nitrogens with zero attached hydrogens (tertiary/aromatic N) is 3. The van der Waals surface area contributed by atoms with Gasteiger partial charge in [0.15, 0.2) is 5.82 Å². The molecule has 0 saturated heterocycles. The molecule has 0 amide bonds. The van der Waals surface area contributed by atoms with Crippen LogP contribution in [0, 0.1) is 11.3 Å². The van der Waals surface area contributed by atoms with Gasteiger partial charge in [0, 0.05) is 12.0 Å². The molecule has 1 aromatic carbocycles. The first-order valence-corrected chi connectivity index (χ1v) is 5.25. The third-order valence-electron chi connectivity index (χ3n) is 2.27. The van der Waals surface area contributed by atoms with E-state index in [1.807, 2.05) is 12.1 Å². The highest BCUT2D eigenvalue weighted by Crippen LogP contribution is 2.16. The molecule has 0 radical (unpaired) electrons. The van der Waals surface area contributed by atoms with E-state index >= 15 is 0 Å². The SMILES string of the molecule is CCCc1nc(-c2cccc(C#N)c2)n[nH]1. The van der Waals surface area contributed by atoms with Crippen molar-refractivity contribution in [3.63, 3.8) is 0 Å². The predicted molar refractivity (Wildman–Crippen MR) is 60.5 cm³/mol. The summed E-state index contributed by atoms with van der Waals surface area (Å²) >= 11 is 0. The van der Waals surface area contributed by atoms with Gasteiger partial charge in [-0.1, -0.05) is 19.1 Å². The number of aromatic amines is 1. The Kier molecular flexibility index (Phi) is 2.97. The largest absolute Gasteiger partial charge is 0.263 e. The number of benzene rings is 1. The van der Waals surface area contributed by atoms with Crippen LogP contribution in [0.1, 0.15) is 24.7 Å². The van der Waals surface area contributed by atoms with Crippen molar-refractivity contribution in [1.29, 1.82) is 5.26 Å². The number of nitrogens with one attached hydrogen (secondary N) is 1. The van der Waals surface area contributed by atoms with Gasteiger partial charge < -0.3 is 0 Å². The maximum Gasteiger partial charge on any atom is 0.181 e. The second kappa shape index (κ2) is 4.58. The van der Waals surface area contributed by atoms with Gasteiger partial charge in [-0.05, 0) is 18.6 Å². The molecule has 0 unspecified atom stereocenters. The zero-order valence-corrected chi connectivity index (χ0v) is 9.07. The van der Waals surface area contributed by atoms with E-state index < -0.39 is 0 Å². The molecule has 2 rings (SSSR count). The summed E-state index contributed by atoms with van der Waals surface area (Å²) in [6.45, 7) is 2.10. The summed E-state index contributed by atoms with van der Waals surface area (Å²) in [7, 11) is 0. The molecule has 0 bridgehead atoms. The van der Waals surface area contributed by atoms with E-state index in [9.17, 15) is 0 Å². The molecule has 0 atom stereocenters. The summed E-state index contributed by atoms with van der Waals surface area (Å²) in [6.07, 6.45) is 1.93. The molecule has 0 fully saturated rings. The van der Waals surface area contributed by atoms with Crippen LogP contribution in [0.15, 0.2) is 24.3 Å². The van der Waals surface area contributed by atoms with Gasteiger partial charge in [0.2, 0.25) is 0 Å². The quantitative estimate of drug-likeness (QED) is 0.848. The minimum absolute atomic E-state index is 0.624. The second-order valence-electron chi connectivity index (χ2n) is 3.55. The van der Waals surface area contributed by atoms with E-state index in [1.165, 1.54) is 0 Å². The summed E-state index contributed by atoms with van der Waals surface area (Å²) in [4.78, 5) is 4.37. The van der Waals surface area contributed by atoms with Crippen molar-refractivity contribution >= 4 is 0 Å². The van der Waals surface area contributed by atoms with Crippen LogP contribution in [0.2, 0.25) is 0 Å². The molecule has 0 saturated carbocycles. The van der Waals surface area contributed by atoms with Gasteiger partial charge in [0.25, 0.3) is 0 Å². The van der Waals surface area contributed by atoms with Crippen molar-refractivity contribution in [3.8, 4) is 17.5 Å². The average molecular weight is 212 g/mol. The Bertz CT molecular complexity index is 522. The van der Waals surface area contributed by atoms with Crippen LogP contribution in [0.5, 0.6) is 0 Å². The van der Waals surface area contributed by atoms with Crippen LogP contribution in [0.3, 0.4) is 0 Å². The lowest BCUT2D eigenvalue weighted by atomic mass is 10.1. The number of aromatic nitrogens is 3. The third kappa shape index (κ3) is 2.09. The van der Waals surface area contributed by atoms with Crippen LogP contribution in [0.4, 0.5) is 0 Å². The van der Waals surface area contributed by atoms with E-state index in [2.05, 4.69) is 28.2 Å². The molecule has 16 heavy (non-hydrogen) atoms. The van der Waals surface area contributed by atoms with Crippen LogP contribution in [-0.4, -0.2) is 15.2 Å². The molecule has 1 N–H and O–H groups in total. The molecule has 0 aliphatic rings. The molecule has 0 spiro atoms. The van der Waals surface area contributed by atoms with Gasteiger partial charge in [0.05, 0.1) is 11.6 Å². The summed E-state index contributed by atoms with van der Waals surface area (Å²) in [5, 5.41) is 15.8. The first-order chi connectivity index (χ1) is 7.83. The first kappa shape index (κ1) is 10.4. The standard InChI is InChI=1S/C12H12N4/c1-2-4-11-14-12(16-15-11)10-6-3-5-9(7-10)8-13/h3,5-7H,2,4H2,1H3,(H,14,15,16). The van der Waals surface area contributed by atoms with Crippen molar-refractivity contribution in [2.75, 3.05) is 0 Å². The molecule has 0 aliphatic heterocycles. The zero-order chi connectivity index (χ0) is 11.4. The van der Waals surface area contributed by atoms with E-state index in [1.54, 1.807) is 12.1 Å². The highest BCUT2D eigenvalue weighted by Gasteiger charge is 2.05. The lowest BCUT2D eigenvalue weighted by Crippen LogP contribution is -1.85. The normalized spacial score (nSPS) is 10.0. The fourth-order valence-corrected chi connectivity index (χ4v) is 1.50. The molecular formula is C12H12N4. The average Bonchev–Trinajstić information content (AvgIpc) is 2.78. The number of H-pyrrole nitrogens is 1. The van der Waals surface area contributed by atoms with Gasteiger partial charge >= 0.3 is 0 Å². The molecule has 80 valence electrons. The third-order valence-corrected chi connectivity index (χ3v) is 2.27. The number of hydrogen-bond acceptors (Lipinski definition) is 3. The second-order valence-corrected chi connectivity index (χ2v) is 3.55. The molecule has 0 aliphatic carbocycles. The molecule has 4 heteroatoms. The van der Waals surface area contributed by atoms with Gasteiger partial charge in [-0.3, -0.25) is 5.10 Å². The van der Waals surface area contributed by atoms with E-state index in [-0.39, 0.29) is 0 Å². The molecule has 2 aromatic rings. The highest BCUT2D eigenvalue weighted by molar-refractivity contribution is 5.57. The Hall–Kier alpha value is -2.15. The number of aryl methyl sites for hydroxylation is 1. The Morgan fingerprint density at radius 3 is 3.06 bits per heavy atom. The van der Waals surface area contributed by atoms with Gasteiger partial charge in [-0.2, -0.15) is 10.4 Å². The van der Waals surface area contributed by atoms with Crippen molar-refractivity contribution in [2.24, 2.45) is 0 Å².